The molecule has 0 aromatic heterocycles. The van der Waals surface area contributed by atoms with Crippen molar-refractivity contribution < 1.29 is 4.74 Å². The number of aliphatic imine (C=N–C) groups is 1. The van der Waals surface area contributed by atoms with Crippen molar-refractivity contribution in [2.45, 2.75) is 27.2 Å². The molecule has 2 aromatic rings. The third kappa shape index (κ3) is 5.02. The van der Waals surface area contributed by atoms with E-state index in [1.54, 1.807) is 7.11 Å². The van der Waals surface area contributed by atoms with Crippen LogP contribution in [0.2, 0.25) is 0 Å². The lowest BCUT2D eigenvalue weighted by Crippen LogP contribution is -2.23. The van der Waals surface area contributed by atoms with Gasteiger partial charge in [-0.2, -0.15) is 0 Å². The molecule has 0 radical (unpaired) electrons. The zero-order valence-corrected chi connectivity index (χ0v) is 14.3. The van der Waals surface area contributed by atoms with Crippen LogP contribution >= 0.6 is 0 Å². The first-order valence-corrected chi connectivity index (χ1v) is 7.76. The minimum absolute atomic E-state index is 0.439. The Bertz CT molecular complexity index is 688. The Balaban J connectivity index is 1.94. The van der Waals surface area contributed by atoms with Crippen molar-refractivity contribution in [3.05, 3.63) is 58.7 Å². The molecule has 0 saturated carbocycles. The summed E-state index contributed by atoms with van der Waals surface area (Å²) in [5, 5.41) is 3.14. The first kappa shape index (κ1) is 16.9. The molecular formula is C19H25N3O. The van der Waals surface area contributed by atoms with Crippen LogP contribution in [0, 0.1) is 20.8 Å². The van der Waals surface area contributed by atoms with E-state index >= 15 is 0 Å². The van der Waals surface area contributed by atoms with Crippen molar-refractivity contribution in [3.8, 4) is 5.75 Å². The van der Waals surface area contributed by atoms with Crippen LogP contribution < -0.4 is 15.8 Å². The van der Waals surface area contributed by atoms with Gasteiger partial charge in [0, 0.05) is 12.2 Å². The fourth-order valence-electron chi connectivity index (χ4n) is 2.56. The van der Waals surface area contributed by atoms with E-state index in [4.69, 9.17) is 10.5 Å². The van der Waals surface area contributed by atoms with Gasteiger partial charge in [0.05, 0.1) is 7.11 Å². The summed E-state index contributed by atoms with van der Waals surface area (Å²) in [6.45, 7) is 6.80. The number of methoxy groups -OCH3 is 1. The number of benzene rings is 2. The molecule has 0 saturated heterocycles. The summed E-state index contributed by atoms with van der Waals surface area (Å²) in [6, 6.07) is 12.5. The third-order valence-electron chi connectivity index (χ3n) is 3.65. The molecule has 0 fully saturated rings. The van der Waals surface area contributed by atoms with E-state index in [9.17, 15) is 0 Å². The second-order valence-electron chi connectivity index (χ2n) is 5.82. The Morgan fingerprint density at radius 2 is 1.78 bits per heavy atom. The van der Waals surface area contributed by atoms with Crippen LogP contribution in [-0.2, 0) is 6.42 Å². The lowest BCUT2D eigenvalue weighted by Gasteiger charge is -2.09. The molecule has 23 heavy (non-hydrogen) atoms. The molecule has 2 aromatic carbocycles. The number of ether oxygens (including phenoxy) is 1. The van der Waals surface area contributed by atoms with Crippen molar-refractivity contribution in [1.29, 1.82) is 0 Å². The lowest BCUT2D eigenvalue weighted by atomic mass is 10.1. The number of anilines is 1. The number of nitrogens with zero attached hydrogens (tertiary/aromatic N) is 1. The molecule has 4 nitrogen and oxygen atoms in total. The normalized spacial score (nSPS) is 11.4. The highest BCUT2D eigenvalue weighted by atomic mass is 16.5. The fraction of sp³-hybridized carbons (Fsp3) is 0.316. The maximum absolute atomic E-state index is 5.96. The number of guanidine groups is 1. The molecule has 0 atom stereocenters. The molecule has 122 valence electrons. The molecule has 3 N–H and O–H groups in total. The largest absolute Gasteiger partial charge is 0.496 e. The van der Waals surface area contributed by atoms with Gasteiger partial charge < -0.3 is 15.8 Å². The number of nitrogens with two attached hydrogens (primary N) is 1. The molecule has 0 aliphatic rings. The van der Waals surface area contributed by atoms with E-state index in [-0.39, 0.29) is 0 Å². The SMILES string of the molecule is COc1cc(CCN=C(N)Nc2cc(C)cc(C)c2)ccc1C. The monoisotopic (exact) mass is 311 g/mol. The summed E-state index contributed by atoms with van der Waals surface area (Å²) < 4.78 is 5.34. The Hall–Kier alpha value is -2.49. The Morgan fingerprint density at radius 3 is 2.43 bits per heavy atom. The average molecular weight is 311 g/mol. The number of hydrogen-bond donors (Lipinski definition) is 2. The summed E-state index contributed by atoms with van der Waals surface area (Å²) in [5.74, 6) is 1.35. The maximum Gasteiger partial charge on any atom is 0.193 e. The molecule has 0 bridgehead atoms. The summed E-state index contributed by atoms with van der Waals surface area (Å²) in [5.41, 5.74) is 11.7. The summed E-state index contributed by atoms with van der Waals surface area (Å²) in [6.07, 6.45) is 0.825. The quantitative estimate of drug-likeness (QED) is 0.655. The lowest BCUT2D eigenvalue weighted by molar-refractivity contribution is 0.411. The van der Waals surface area contributed by atoms with Gasteiger partial charge in [-0.15, -0.1) is 0 Å². The minimum Gasteiger partial charge on any atom is -0.496 e. The van der Waals surface area contributed by atoms with E-state index in [0.29, 0.717) is 12.5 Å². The Morgan fingerprint density at radius 1 is 1.09 bits per heavy atom. The Labute approximate surface area is 138 Å². The van der Waals surface area contributed by atoms with Crippen LogP contribution in [0.3, 0.4) is 0 Å². The first-order valence-electron chi connectivity index (χ1n) is 7.76. The van der Waals surface area contributed by atoms with E-state index in [0.717, 1.165) is 23.4 Å². The van der Waals surface area contributed by atoms with Crippen LogP contribution in [0.25, 0.3) is 0 Å². The van der Waals surface area contributed by atoms with Gasteiger partial charge in [-0.3, -0.25) is 4.99 Å². The van der Waals surface area contributed by atoms with Crippen LogP contribution in [0.5, 0.6) is 5.75 Å². The summed E-state index contributed by atoms with van der Waals surface area (Å²) in [4.78, 5) is 4.39. The van der Waals surface area contributed by atoms with Crippen molar-refractivity contribution >= 4 is 11.6 Å². The van der Waals surface area contributed by atoms with Gasteiger partial charge in [0.25, 0.3) is 0 Å². The third-order valence-corrected chi connectivity index (χ3v) is 3.65. The zero-order valence-electron chi connectivity index (χ0n) is 14.3. The van der Waals surface area contributed by atoms with Gasteiger partial charge in [-0.1, -0.05) is 18.2 Å². The van der Waals surface area contributed by atoms with Gasteiger partial charge in [0.1, 0.15) is 5.75 Å². The fourth-order valence-corrected chi connectivity index (χ4v) is 2.56. The average Bonchev–Trinajstić information content (AvgIpc) is 2.47. The molecule has 0 aliphatic heterocycles. The Kier molecular flexibility index (Phi) is 5.63. The van der Waals surface area contributed by atoms with Crippen molar-refractivity contribution in [1.82, 2.24) is 0 Å². The predicted octanol–water partition coefficient (Wildman–Crippen LogP) is 3.59. The van der Waals surface area contributed by atoms with E-state index in [2.05, 4.69) is 60.6 Å². The summed E-state index contributed by atoms with van der Waals surface area (Å²) >= 11 is 0. The first-order chi connectivity index (χ1) is 11.0. The number of nitrogens with one attached hydrogen (secondary N) is 1. The topological polar surface area (TPSA) is 59.6 Å². The highest BCUT2D eigenvalue weighted by molar-refractivity contribution is 5.92. The molecular weight excluding hydrogens is 286 g/mol. The molecule has 0 unspecified atom stereocenters. The molecule has 2 rings (SSSR count). The van der Waals surface area contributed by atoms with Gasteiger partial charge in [-0.25, -0.2) is 0 Å². The minimum atomic E-state index is 0.439. The number of aryl methyl sites for hydroxylation is 3. The van der Waals surface area contributed by atoms with Crippen LogP contribution in [0.15, 0.2) is 41.4 Å². The standard InChI is InChI=1S/C19H25N3O/c1-13-9-14(2)11-17(10-13)22-19(20)21-8-7-16-6-5-15(3)18(12-16)23-4/h5-6,9-12H,7-8H2,1-4H3,(H3,20,21,22). The predicted molar refractivity (Wildman–Crippen MR) is 97.5 cm³/mol. The van der Waals surface area contributed by atoms with Crippen molar-refractivity contribution in [2.75, 3.05) is 19.0 Å². The second kappa shape index (κ2) is 7.68. The van der Waals surface area contributed by atoms with Crippen molar-refractivity contribution in [2.24, 2.45) is 10.7 Å². The summed E-state index contributed by atoms with van der Waals surface area (Å²) in [7, 11) is 1.69. The van der Waals surface area contributed by atoms with Crippen molar-refractivity contribution in [3.63, 3.8) is 0 Å². The second-order valence-corrected chi connectivity index (χ2v) is 5.82. The maximum atomic E-state index is 5.96. The molecule has 0 amide bonds. The van der Waals surface area contributed by atoms with Gasteiger partial charge in [0.2, 0.25) is 0 Å². The zero-order chi connectivity index (χ0) is 16.8. The van der Waals surface area contributed by atoms with E-state index in [1.165, 1.54) is 16.7 Å². The van der Waals surface area contributed by atoms with Crippen LogP contribution in [0.4, 0.5) is 5.69 Å². The number of rotatable bonds is 5. The highest BCUT2D eigenvalue weighted by Gasteiger charge is 2.01. The molecule has 0 heterocycles. The molecule has 0 aliphatic carbocycles. The van der Waals surface area contributed by atoms with Gasteiger partial charge in [0.15, 0.2) is 5.96 Å². The van der Waals surface area contributed by atoms with Gasteiger partial charge >= 0.3 is 0 Å². The van der Waals surface area contributed by atoms with E-state index < -0.39 is 0 Å². The number of hydrogen-bond acceptors (Lipinski definition) is 2. The van der Waals surface area contributed by atoms with E-state index in [1.807, 2.05) is 6.92 Å². The molecule has 4 heteroatoms. The van der Waals surface area contributed by atoms with Gasteiger partial charge in [-0.05, 0) is 67.6 Å². The highest BCUT2D eigenvalue weighted by Crippen LogP contribution is 2.19. The molecule has 0 spiro atoms. The smallest absolute Gasteiger partial charge is 0.193 e. The van der Waals surface area contributed by atoms with Crippen LogP contribution in [0.1, 0.15) is 22.3 Å². The van der Waals surface area contributed by atoms with Crippen LogP contribution in [-0.4, -0.2) is 19.6 Å².